The summed E-state index contributed by atoms with van der Waals surface area (Å²) in [6.07, 6.45) is 1.67. The zero-order valence-electron chi connectivity index (χ0n) is 11.5. The van der Waals surface area contributed by atoms with Crippen LogP contribution in [0.5, 0.6) is 0 Å². The second-order valence-electron chi connectivity index (χ2n) is 4.32. The predicted molar refractivity (Wildman–Crippen MR) is 76.0 cm³/mol. The van der Waals surface area contributed by atoms with E-state index in [1.165, 1.54) is 6.92 Å². The molecule has 0 aliphatic rings. The molecule has 0 fully saturated rings. The van der Waals surface area contributed by atoms with E-state index in [1.807, 2.05) is 25.1 Å². The summed E-state index contributed by atoms with van der Waals surface area (Å²) < 4.78 is 0. The van der Waals surface area contributed by atoms with E-state index in [9.17, 15) is 9.59 Å². The molecule has 1 aromatic carbocycles. The second-order valence-corrected chi connectivity index (χ2v) is 4.32. The molecule has 0 saturated carbocycles. The molecular formula is C15H20N2O2. The van der Waals surface area contributed by atoms with Crippen LogP contribution in [0.1, 0.15) is 22.8 Å². The van der Waals surface area contributed by atoms with Crippen molar-refractivity contribution in [2.24, 2.45) is 0 Å². The van der Waals surface area contributed by atoms with Crippen LogP contribution >= 0.6 is 0 Å². The molecule has 0 aromatic heterocycles. The van der Waals surface area contributed by atoms with Crippen molar-refractivity contribution in [2.45, 2.75) is 13.8 Å². The van der Waals surface area contributed by atoms with Crippen LogP contribution < -0.4 is 5.32 Å². The van der Waals surface area contributed by atoms with Crippen LogP contribution in [0.25, 0.3) is 0 Å². The summed E-state index contributed by atoms with van der Waals surface area (Å²) in [6, 6.07) is 7.42. The lowest BCUT2D eigenvalue weighted by atomic mass is 10.1. The van der Waals surface area contributed by atoms with Crippen molar-refractivity contribution in [1.82, 2.24) is 10.2 Å². The van der Waals surface area contributed by atoms with E-state index in [0.29, 0.717) is 25.2 Å². The van der Waals surface area contributed by atoms with E-state index in [2.05, 4.69) is 11.9 Å². The minimum absolute atomic E-state index is 0.0231. The molecule has 0 aliphatic heterocycles. The van der Waals surface area contributed by atoms with Crippen molar-refractivity contribution in [3.8, 4) is 0 Å². The quantitative estimate of drug-likeness (QED) is 0.792. The van der Waals surface area contributed by atoms with Gasteiger partial charge in [-0.15, -0.1) is 6.58 Å². The number of rotatable bonds is 6. The molecule has 1 aromatic rings. The summed E-state index contributed by atoms with van der Waals surface area (Å²) >= 11 is 0. The van der Waals surface area contributed by atoms with Gasteiger partial charge in [0.15, 0.2) is 0 Å². The zero-order valence-corrected chi connectivity index (χ0v) is 11.5. The summed E-state index contributed by atoms with van der Waals surface area (Å²) in [5.74, 6) is -0.134. The summed E-state index contributed by atoms with van der Waals surface area (Å²) in [4.78, 5) is 24.9. The van der Waals surface area contributed by atoms with Crippen LogP contribution in [-0.4, -0.2) is 36.3 Å². The number of nitrogens with zero attached hydrogens (tertiary/aromatic N) is 1. The van der Waals surface area contributed by atoms with Crippen LogP contribution in [0.4, 0.5) is 0 Å². The maximum Gasteiger partial charge on any atom is 0.251 e. The van der Waals surface area contributed by atoms with Crippen molar-refractivity contribution < 1.29 is 9.59 Å². The van der Waals surface area contributed by atoms with Crippen LogP contribution in [-0.2, 0) is 4.79 Å². The van der Waals surface area contributed by atoms with Gasteiger partial charge in [-0.05, 0) is 18.6 Å². The number of hydrogen-bond acceptors (Lipinski definition) is 2. The Morgan fingerprint density at radius 3 is 2.63 bits per heavy atom. The smallest absolute Gasteiger partial charge is 0.251 e. The highest BCUT2D eigenvalue weighted by molar-refractivity contribution is 5.95. The lowest BCUT2D eigenvalue weighted by Gasteiger charge is -2.19. The molecule has 0 aliphatic carbocycles. The van der Waals surface area contributed by atoms with E-state index in [1.54, 1.807) is 17.0 Å². The number of aryl methyl sites for hydroxylation is 1. The van der Waals surface area contributed by atoms with Gasteiger partial charge in [0.25, 0.3) is 5.91 Å². The van der Waals surface area contributed by atoms with Crippen molar-refractivity contribution >= 4 is 11.8 Å². The van der Waals surface area contributed by atoms with Gasteiger partial charge in [0, 0.05) is 32.1 Å². The summed E-state index contributed by atoms with van der Waals surface area (Å²) in [5, 5.41) is 2.82. The van der Waals surface area contributed by atoms with E-state index >= 15 is 0 Å². The van der Waals surface area contributed by atoms with E-state index < -0.39 is 0 Å². The minimum Gasteiger partial charge on any atom is -0.350 e. The van der Waals surface area contributed by atoms with Crippen molar-refractivity contribution in [1.29, 1.82) is 0 Å². The molecule has 0 atom stereocenters. The maximum absolute atomic E-state index is 11.9. The average molecular weight is 260 g/mol. The van der Waals surface area contributed by atoms with Crippen molar-refractivity contribution in [2.75, 3.05) is 19.6 Å². The molecule has 0 radical (unpaired) electrons. The first kappa shape index (κ1) is 15.0. The largest absolute Gasteiger partial charge is 0.350 e. The highest BCUT2D eigenvalue weighted by atomic mass is 16.2. The monoisotopic (exact) mass is 260 g/mol. The number of hydrogen-bond donors (Lipinski definition) is 1. The van der Waals surface area contributed by atoms with Gasteiger partial charge >= 0.3 is 0 Å². The third kappa shape index (κ3) is 4.58. The molecule has 0 bridgehead atoms. The highest BCUT2D eigenvalue weighted by Gasteiger charge is 2.09. The van der Waals surface area contributed by atoms with Gasteiger partial charge < -0.3 is 10.2 Å². The Balaban J connectivity index is 2.49. The molecule has 4 heteroatoms. The molecule has 1 N–H and O–H groups in total. The first-order valence-corrected chi connectivity index (χ1v) is 6.26. The Hall–Kier alpha value is -2.10. The molecule has 0 unspecified atom stereocenters. The van der Waals surface area contributed by atoms with Crippen molar-refractivity contribution in [3.05, 3.63) is 48.0 Å². The molecule has 4 nitrogen and oxygen atoms in total. The predicted octanol–water partition coefficient (Wildman–Crippen LogP) is 1.76. The molecule has 0 spiro atoms. The lowest BCUT2D eigenvalue weighted by Crippen LogP contribution is -2.37. The van der Waals surface area contributed by atoms with Gasteiger partial charge in [-0.25, -0.2) is 0 Å². The van der Waals surface area contributed by atoms with Crippen LogP contribution in [0.3, 0.4) is 0 Å². The van der Waals surface area contributed by atoms with Crippen LogP contribution in [0.2, 0.25) is 0 Å². The fourth-order valence-electron chi connectivity index (χ4n) is 1.76. The molecule has 102 valence electrons. The van der Waals surface area contributed by atoms with Crippen LogP contribution in [0.15, 0.2) is 36.9 Å². The average Bonchev–Trinajstić information content (AvgIpc) is 2.37. The molecule has 2 amide bonds. The molecule has 0 heterocycles. The van der Waals surface area contributed by atoms with Crippen LogP contribution in [0, 0.1) is 6.92 Å². The minimum atomic E-state index is -0.111. The molecular weight excluding hydrogens is 240 g/mol. The van der Waals surface area contributed by atoms with E-state index in [4.69, 9.17) is 0 Å². The number of nitrogens with one attached hydrogen (secondary N) is 1. The molecule has 0 saturated heterocycles. The number of amides is 2. The van der Waals surface area contributed by atoms with Gasteiger partial charge in [0.1, 0.15) is 0 Å². The maximum atomic E-state index is 11.9. The summed E-state index contributed by atoms with van der Waals surface area (Å²) in [6.45, 7) is 8.42. The first-order chi connectivity index (χ1) is 9.06. The summed E-state index contributed by atoms with van der Waals surface area (Å²) in [7, 11) is 0. The summed E-state index contributed by atoms with van der Waals surface area (Å²) in [5.41, 5.74) is 1.61. The molecule has 19 heavy (non-hydrogen) atoms. The second kappa shape index (κ2) is 7.36. The van der Waals surface area contributed by atoms with Gasteiger partial charge in [-0.2, -0.15) is 0 Å². The van der Waals surface area contributed by atoms with Gasteiger partial charge in [-0.1, -0.05) is 24.3 Å². The van der Waals surface area contributed by atoms with Gasteiger partial charge in [-0.3, -0.25) is 9.59 Å². The lowest BCUT2D eigenvalue weighted by molar-refractivity contribution is -0.128. The number of carbonyl (C=O) groups excluding carboxylic acids is 2. The van der Waals surface area contributed by atoms with Gasteiger partial charge in [0.2, 0.25) is 5.91 Å². The normalized spacial score (nSPS) is 9.79. The Morgan fingerprint density at radius 2 is 2.05 bits per heavy atom. The highest BCUT2D eigenvalue weighted by Crippen LogP contribution is 2.06. The van der Waals surface area contributed by atoms with Gasteiger partial charge in [0.05, 0.1) is 0 Å². The van der Waals surface area contributed by atoms with E-state index in [-0.39, 0.29) is 11.8 Å². The zero-order chi connectivity index (χ0) is 14.3. The standard InChI is InChI=1S/C15H20N2O2/c1-4-10-17(13(3)18)11-9-16-15(19)14-8-6-5-7-12(14)2/h4-8H,1,9-11H2,2-3H3,(H,16,19). The Bertz CT molecular complexity index is 469. The topological polar surface area (TPSA) is 49.4 Å². The fourth-order valence-corrected chi connectivity index (χ4v) is 1.76. The molecule has 1 rings (SSSR count). The third-order valence-electron chi connectivity index (χ3n) is 2.85. The number of carbonyl (C=O) groups is 2. The Kier molecular flexibility index (Phi) is 5.79. The first-order valence-electron chi connectivity index (χ1n) is 6.26. The Morgan fingerprint density at radius 1 is 1.37 bits per heavy atom. The van der Waals surface area contributed by atoms with Crippen molar-refractivity contribution in [3.63, 3.8) is 0 Å². The number of benzene rings is 1. The fraction of sp³-hybridized carbons (Fsp3) is 0.333. The SMILES string of the molecule is C=CCN(CCNC(=O)c1ccccc1C)C(C)=O. The Labute approximate surface area is 114 Å². The third-order valence-corrected chi connectivity index (χ3v) is 2.85. The van der Waals surface area contributed by atoms with E-state index in [0.717, 1.165) is 5.56 Å².